The summed E-state index contributed by atoms with van der Waals surface area (Å²) >= 11 is 0. The van der Waals surface area contributed by atoms with Crippen molar-refractivity contribution in [2.75, 3.05) is 13.1 Å². The molecule has 0 aromatic rings. The molecule has 3 atom stereocenters. The van der Waals surface area contributed by atoms with Crippen LogP contribution in [0.1, 0.15) is 39.5 Å². The Kier molecular flexibility index (Phi) is 4.41. The van der Waals surface area contributed by atoms with E-state index in [1.807, 2.05) is 6.92 Å². The van der Waals surface area contributed by atoms with Crippen molar-refractivity contribution in [3.8, 4) is 0 Å². The minimum Gasteiger partial charge on any atom is -0.393 e. The second kappa shape index (κ2) is 5.83. The van der Waals surface area contributed by atoms with Gasteiger partial charge in [0.2, 0.25) is 0 Å². The van der Waals surface area contributed by atoms with Gasteiger partial charge in [0.15, 0.2) is 0 Å². The molecule has 2 aliphatic rings. The smallest absolute Gasteiger partial charge is 0.0512 e. The molecular weight excluding hydrogens is 210 g/mol. The highest BCUT2D eigenvalue weighted by Crippen LogP contribution is 2.25. The van der Waals surface area contributed by atoms with Crippen molar-refractivity contribution >= 4 is 0 Å². The van der Waals surface area contributed by atoms with Crippen LogP contribution in [0.5, 0.6) is 0 Å². The van der Waals surface area contributed by atoms with Gasteiger partial charge in [-0.3, -0.25) is 4.90 Å². The summed E-state index contributed by atoms with van der Waals surface area (Å²) < 4.78 is 0. The van der Waals surface area contributed by atoms with Gasteiger partial charge in [0, 0.05) is 12.6 Å². The molecule has 3 unspecified atom stereocenters. The summed E-state index contributed by atoms with van der Waals surface area (Å²) in [5.74, 6) is 0.573. The van der Waals surface area contributed by atoms with Crippen molar-refractivity contribution in [2.24, 2.45) is 5.92 Å². The zero-order valence-corrected chi connectivity index (χ0v) is 11.1. The van der Waals surface area contributed by atoms with Gasteiger partial charge in [-0.05, 0) is 50.6 Å². The summed E-state index contributed by atoms with van der Waals surface area (Å²) in [7, 11) is 0. The molecular formula is C15H25NO. The van der Waals surface area contributed by atoms with E-state index in [1.165, 1.54) is 25.0 Å². The van der Waals surface area contributed by atoms with Crippen molar-refractivity contribution in [1.82, 2.24) is 4.90 Å². The maximum Gasteiger partial charge on any atom is 0.0512 e. The number of aliphatic hydroxyl groups excluding tert-OH is 1. The molecule has 2 heteroatoms. The number of hydrogen-bond donors (Lipinski definition) is 1. The van der Waals surface area contributed by atoms with Crippen LogP contribution in [-0.4, -0.2) is 35.2 Å². The van der Waals surface area contributed by atoms with Gasteiger partial charge in [-0.1, -0.05) is 25.2 Å². The van der Waals surface area contributed by atoms with Gasteiger partial charge in [-0.15, -0.1) is 0 Å². The van der Waals surface area contributed by atoms with Crippen molar-refractivity contribution in [3.63, 3.8) is 0 Å². The van der Waals surface area contributed by atoms with Gasteiger partial charge < -0.3 is 5.11 Å². The molecule has 1 saturated heterocycles. The highest BCUT2D eigenvalue weighted by atomic mass is 16.3. The fourth-order valence-corrected chi connectivity index (χ4v) is 2.85. The number of fused-ring (bicyclic) bond motifs is 1. The van der Waals surface area contributed by atoms with E-state index < -0.39 is 0 Å². The number of rotatable bonds is 4. The summed E-state index contributed by atoms with van der Waals surface area (Å²) in [5, 5.41) is 9.29. The van der Waals surface area contributed by atoms with Gasteiger partial charge >= 0.3 is 0 Å². The molecule has 1 N–H and O–H groups in total. The lowest BCUT2D eigenvalue weighted by Crippen LogP contribution is -2.32. The maximum absolute atomic E-state index is 9.29. The predicted octanol–water partition coefficient (Wildman–Crippen LogP) is 2.74. The van der Waals surface area contributed by atoms with E-state index in [0.29, 0.717) is 12.0 Å². The average molecular weight is 235 g/mol. The van der Waals surface area contributed by atoms with Crippen molar-refractivity contribution in [3.05, 3.63) is 23.8 Å². The second-order valence-electron chi connectivity index (χ2n) is 5.68. The van der Waals surface area contributed by atoms with E-state index in [9.17, 15) is 5.11 Å². The van der Waals surface area contributed by atoms with Crippen LogP contribution in [0, 0.1) is 5.92 Å². The van der Waals surface area contributed by atoms with Crippen molar-refractivity contribution < 1.29 is 5.11 Å². The Morgan fingerprint density at radius 3 is 3.06 bits per heavy atom. The van der Waals surface area contributed by atoms with Crippen LogP contribution in [0.15, 0.2) is 23.8 Å². The minimum atomic E-state index is -0.166. The first-order valence-electron chi connectivity index (χ1n) is 6.96. The molecule has 0 amide bonds. The Morgan fingerprint density at radius 2 is 2.29 bits per heavy atom. The zero-order valence-electron chi connectivity index (χ0n) is 11.1. The average Bonchev–Trinajstić information content (AvgIpc) is 2.73. The molecule has 17 heavy (non-hydrogen) atoms. The lowest BCUT2D eigenvalue weighted by molar-refractivity contribution is 0.177. The van der Waals surface area contributed by atoms with Crippen LogP contribution in [0.4, 0.5) is 0 Å². The van der Waals surface area contributed by atoms with Crippen LogP contribution in [0.25, 0.3) is 0 Å². The summed E-state index contributed by atoms with van der Waals surface area (Å²) in [4.78, 5) is 2.58. The van der Waals surface area contributed by atoms with Crippen LogP contribution < -0.4 is 0 Å². The Balaban J connectivity index is 1.87. The fourth-order valence-electron chi connectivity index (χ4n) is 2.85. The third-order valence-electron chi connectivity index (χ3n) is 3.87. The number of hydrogen-bond acceptors (Lipinski definition) is 2. The first kappa shape index (κ1) is 12.8. The van der Waals surface area contributed by atoms with Crippen LogP contribution in [0.2, 0.25) is 0 Å². The topological polar surface area (TPSA) is 23.5 Å². The molecule has 2 heterocycles. The third kappa shape index (κ3) is 3.68. The number of aliphatic hydroxyl groups is 1. The second-order valence-corrected chi connectivity index (χ2v) is 5.68. The molecule has 0 bridgehead atoms. The zero-order chi connectivity index (χ0) is 12.3. The summed E-state index contributed by atoms with van der Waals surface area (Å²) in [6.45, 7) is 6.50. The van der Waals surface area contributed by atoms with E-state index in [2.05, 4.69) is 30.1 Å². The molecule has 2 aliphatic heterocycles. The van der Waals surface area contributed by atoms with Gasteiger partial charge in [-0.2, -0.15) is 0 Å². The molecule has 1 fully saturated rings. The molecule has 2 rings (SSSR count). The summed E-state index contributed by atoms with van der Waals surface area (Å²) in [5.41, 5.74) is 1.46. The van der Waals surface area contributed by atoms with Crippen LogP contribution in [0.3, 0.4) is 0 Å². The van der Waals surface area contributed by atoms with Gasteiger partial charge in [0.1, 0.15) is 0 Å². The van der Waals surface area contributed by atoms with Crippen molar-refractivity contribution in [1.29, 1.82) is 0 Å². The monoisotopic (exact) mass is 235 g/mol. The van der Waals surface area contributed by atoms with Gasteiger partial charge in [0.25, 0.3) is 0 Å². The number of nitrogens with zero attached hydrogens (tertiary/aromatic N) is 1. The molecule has 0 spiro atoms. The largest absolute Gasteiger partial charge is 0.393 e. The molecule has 0 aromatic heterocycles. The summed E-state index contributed by atoms with van der Waals surface area (Å²) in [6, 6.07) is 0.708. The van der Waals surface area contributed by atoms with E-state index in [4.69, 9.17) is 0 Å². The third-order valence-corrected chi connectivity index (χ3v) is 3.87. The first-order chi connectivity index (χ1) is 8.15. The SMILES string of the molecule is CC(O)CCC(C)C=C1C=CC2CCCN2C1. The minimum absolute atomic E-state index is 0.166. The van der Waals surface area contributed by atoms with E-state index in [1.54, 1.807) is 0 Å². The first-order valence-corrected chi connectivity index (χ1v) is 6.96. The molecule has 0 radical (unpaired) electrons. The Morgan fingerprint density at radius 1 is 1.47 bits per heavy atom. The standard InChI is InChI=1S/C15H25NO/c1-12(5-6-13(2)17)10-14-7-8-15-4-3-9-16(15)11-14/h7-8,10,12-13,15,17H,3-6,9,11H2,1-2H3. The molecule has 0 aliphatic carbocycles. The van der Waals surface area contributed by atoms with Gasteiger partial charge in [-0.25, -0.2) is 0 Å². The highest BCUT2D eigenvalue weighted by molar-refractivity contribution is 5.27. The predicted molar refractivity (Wildman–Crippen MR) is 71.9 cm³/mol. The molecule has 0 saturated carbocycles. The number of allylic oxidation sites excluding steroid dienone is 1. The highest BCUT2D eigenvalue weighted by Gasteiger charge is 2.25. The van der Waals surface area contributed by atoms with E-state index in [0.717, 1.165) is 19.4 Å². The fraction of sp³-hybridized carbons (Fsp3) is 0.733. The Hall–Kier alpha value is -0.600. The molecule has 2 nitrogen and oxygen atoms in total. The maximum atomic E-state index is 9.29. The Bertz CT molecular complexity index is 306. The lowest BCUT2D eigenvalue weighted by Gasteiger charge is -2.27. The van der Waals surface area contributed by atoms with Crippen LogP contribution >= 0.6 is 0 Å². The van der Waals surface area contributed by atoms with Crippen LogP contribution in [-0.2, 0) is 0 Å². The molecule has 96 valence electrons. The Labute approximate surface area is 105 Å². The molecule has 0 aromatic carbocycles. The van der Waals surface area contributed by atoms with E-state index >= 15 is 0 Å². The van der Waals surface area contributed by atoms with Crippen molar-refractivity contribution in [2.45, 2.75) is 51.7 Å². The summed E-state index contributed by atoms with van der Waals surface area (Å²) in [6.07, 6.45) is 11.6. The van der Waals surface area contributed by atoms with Gasteiger partial charge in [0.05, 0.1) is 6.10 Å². The quantitative estimate of drug-likeness (QED) is 0.810. The normalized spacial score (nSPS) is 30.5. The van der Waals surface area contributed by atoms with E-state index in [-0.39, 0.29) is 6.10 Å². The lowest BCUT2D eigenvalue weighted by atomic mass is 9.98.